The van der Waals surface area contributed by atoms with E-state index in [1.54, 1.807) is 12.1 Å². The number of rotatable bonds is 9. The lowest BCUT2D eigenvalue weighted by atomic mass is 10.2. The minimum Gasteiger partial charge on any atom is -0.493 e. The third-order valence-electron chi connectivity index (χ3n) is 5.81. The van der Waals surface area contributed by atoms with Gasteiger partial charge >= 0.3 is 5.97 Å². The monoisotopic (exact) mass is 551 g/mol. The van der Waals surface area contributed by atoms with Gasteiger partial charge in [0.15, 0.2) is 18.1 Å². The Balaban J connectivity index is 1.49. The maximum atomic E-state index is 13.1. The van der Waals surface area contributed by atoms with Crippen molar-refractivity contribution in [2.75, 3.05) is 34.4 Å². The first-order valence-electron chi connectivity index (χ1n) is 11.4. The van der Waals surface area contributed by atoms with Crippen LogP contribution in [-0.2, 0) is 21.4 Å². The van der Waals surface area contributed by atoms with Crippen LogP contribution < -0.4 is 14.2 Å². The van der Waals surface area contributed by atoms with Crippen LogP contribution in [-0.4, -0.2) is 63.3 Å². The average Bonchev–Trinajstić information content (AvgIpc) is 3.40. The predicted molar refractivity (Wildman–Crippen MR) is 133 cm³/mol. The van der Waals surface area contributed by atoms with Gasteiger partial charge in [-0.05, 0) is 43.2 Å². The van der Waals surface area contributed by atoms with Gasteiger partial charge < -0.3 is 23.4 Å². The summed E-state index contributed by atoms with van der Waals surface area (Å²) in [5, 5.41) is 7.94. The van der Waals surface area contributed by atoms with Gasteiger partial charge in [0.25, 0.3) is 5.89 Å². The van der Waals surface area contributed by atoms with E-state index in [2.05, 4.69) is 10.2 Å². The Morgan fingerprint density at radius 2 is 1.68 bits per heavy atom. The van der Waals surface area contributed by atoms with Crippen molar-refractivity contribution in [3.63, 3.8) is 0 Å². The van der Waals surface area contributed by atoms with E-state index >= 15 is 0 Å². The molecular weight excluding hydrogens is 526 g/mol. The van der Waals surface area contributed by atoms with Gasteiger partial charge in [-0.15, -0.1) is 10.2 Å². The van der Waals surface area contributed by atoms with Gasteiger partial charge in [0.05, 0.1) is 31.9 Å². The Labute approximate surface area is 219 Å². The largest absolute Gasteiger partial charge is 0.493 e. The van der Waals surface area contributed by atoms with E-state index in [1.165, 1.54) is 43.8 Å². The maximum Gasteiger partial charge on any atom is 0.338 e. The Morgan fingerprint density at radius 1 is 1.00 bits per heavy atom. The molecule has 0 saturated carbocycles. The summed E-state index contributed by atoms with van der Waals surface area (Å²) >= 11 is 6.18. The molecule has 37 heavy (non-hydrogen) atoms. The number of esters is 1. The molecule has 0 aliphatic carbocycles. The molecule has 0 radical (unpaired) electrons. The summed E-state index contributed by atoms with van der Waals surface area (Å²) in [5.41, 5.74) is 0.536. The lowest BCUT2D eigenvalue weighted by Crippen LogP contribution is -2.35. The van der Waals surface area contributed by atoms with Crippen LogP contribution >= 0.6 is 11.6 Å². The Morgan fingerprint density at radius 3 is 2.30 bits per heavy atom. The lowest BCUT2D eigenvalue weighted by molar-refractivity contribution is 0.0438. The number of carbonyl (C=O) groups is 1. The van der Waals surface area contributed by atoms with E-state index in [0.717, 1.165) is 19.3 Å². The number of hydrogen-bond donors (Lipinski definition) is 0. The number of nitrogens with zero attached hydrogens (tertiary/aromatic N) is 3. The van der Waals surface area contributed by atoms with Gasteiger partial charge in [0.2, 0.25) is 21.7 Å². The second-order valence-electron chi connectivity index (χ2n) is 8.10. The Bertz CT molecular complexity index is 1360. The number of aromatic nitrogens is 2. The third-order valence-corrected chi connectivity index (χ3v) is 8.19. The van der Waals surface area contributed by atoms with Crippen molar-refractivity contribution in [2.24, 2.45) is 0 Å². The molecule has 1 aliphatic heterocycles. The number of halogens is 1. The molecule has 2 heterocycles. The van der Waals surface area contributed by atoms with E-state index < -0.39 is 16.0 Å². The molecule has 0 spiro atoms. The van der Waals surface area contributed by atoms with Gasteiger partial charge in [-0.25, -0.2) is 13.2 Å². The molecule has 3 aromatic rings. The van der Waals surface area contributed by atoms with Gasteiger partial charge in [-0.1, -0.05) is 18.0 Å². The highest BCUT2D eigenvalue weighted by Crippen LogP contribution is 2.41. The van der Waals surface area contributed by atoms with E-state index in [9.17, 15) is 13.2 Å². The summed E-state index contributed by atoms with van der Waals surface area (Å²) in [6, 6.07) is 7.27. The average molecular weight is 552 g/mol. The van der Waals surface area contributed by atoms with E-state index in [1.807, 2.05) is 0 Å². The maximum absolute atomic E-state index is 13.1. The second-order valence-corrected chi connectivity index (χ2v) is 10.4. The van der Waals surface area contributed by atoms with Crippen molar-refractivity contribution >= 4 is 27.6 Å². The topological polar surface area (TPSA) is 130 Å². The molecule has 198 valence electrons. The lowest BCUT2D eigenvalue weighted by Gasteiger charge is -2.26. The number of piperidine rings is 1. The molecule has 0 bridgehead atoms. The standard InChI is InChI=1S/C24H26ClN3O8S/c1-32-18-11-16(12-19(33-2)22(18)34-3)23-27-26-21(36-23)14-35-24(29)15-7-8-17(25)20(13-15)37(30,31)28-9-5-4-6-10-28/h7-8,11-13H,4-6,9-10,14H2,1-3H3. The van der Waals surface area contributed by atoms with Crippen molar-refractivity contribution in [1.29, 1.82) is 0 Å². The van der Waals surface area contributed by atoms with E-state index in [4.69, 9.17) is 35.0 Å². The van der Waals surface area contributed by atoms with Crippen molar-refractivity contribution in [3.8, 4) is 28.7 Å². The third kappa shape index (κ3) is 5.65. The number of carbonyl (C=O) groups excluding carboxylic acids is 1. The number of sulfonamides is 1. The molecule has 1 aliphatic rings. The fourth-order valence-corrected chi connectivity index (χ4v) is 5.93. The number of methoxy groups -OCH3 is 3. The number of hydrogen-bond acceptors (Lipinski definition) is 10. The molecular formula is C24H26ClN3O8S. The van der Waals surface area contributed by atoms with Crippen LogP contribution in [0.15, 0.2) is 39.6 Å². The molecule has 0 N–H and O–H groups in total. The zero-order valence-electron chi connectivity index (χ0n) is 20.5. The second kappa shape index (κ2) is 11.4. The SMILES string of the molecule is COc1cc(-c2nnc(COC(=O)c3ccc(Cl)c(S(=O)(=O)N4CCCCC4)c3)o2)cc(OC)c1OC. The molecule has 1 aromatic heterocycles. The highest BCUT2D eigenvalue weighted by atomic mass is 35.5. The fraction of sp³-hybridized carbons (Fsp3) is 0.375. The summed E-state index contributed by atoms with van der Waals surface area (Å²) in [6.45, 7) is 0.505. The first kappa shape index (κ1) is 26.7. The molecule has 11 nitrogen and oxygen atoms in total. The molecule has 1 saturated heterocycles. The molecule has 0 atom stereocenters. The predicted octanol–water partition coefficient (Wildman–Crippen LogP) is 3.95. The van der Waals surface area contributed by atoms with Gasteiger partial charge in [0, 0.05) is 18.7 Å². The molecule has 13 heteroatoms. The van der Waals surface area contributed by atoms with Crippen molar-refractivity contribution in [3.05, 3.63) is 46.8 Å². The highest BCUT2D eigenvalue weighted by molar-refractivity contribution is 7.89. The van der Waals surface area contributed by atoms with E-state index in [0.29, 0.717) is 35.9 Å². The van der Waals surface area contributed by atoms with Crippen molar-refractivity contribution < 1.29 is 36.6 Å². The van der Waals surface area contributed by atoms with Gasteiger partial charge in [0.1, 0.15) is 4.90 Å². The molecule has 4 rings (SSSR count). The zero-order chi connectivity index (χ0) is 26.6. The summed E-state index contributed by atoms with van der Waals surface area (Å²) in [6.07, 6.45) is 2.53. The normalized spacial score (nSPS) is 14.3. The Hall–Kier alpha value is -3.35. The van der Waals surface area contributed by atoms with Gasteiger partial charge in [-0.3, -0.25) is 0 Å². The van der Waals surface area contributed by atoms with Crippen LogP contribution in [0.2, 0.25) is 5.02 Å². The Kier molecular flexibility index (Phi) is 8.20. The first-order valence-corrected chi connectivity index (χ1v) is 13.2. The summed E-state index contributed by atoms with van der Waals surface area (Å²) in [7, 11) is 0.627. The van der Waals surface area contributed by atoms with Crippen molar-refractivity contribution in [2.45, 2.75) is 30.8 Å². The minimum atomic E-state index is -3.84. The number of ether oxygens (including phenoxy) is 4. The van der Waals surface area contributed by atoms with Crippen molar-refractivity contribution in [1.82, 2.24) is 14.5 Å². The van der Waals surface area contributed by atoms with E-state index in [-0.39, 0.29) is 33.9 Å². The minimum absolute atomic E-state index is 0.0318. The molecule has 0 unspecified atom stereocenters. The number of benzene rings is 2. The first-order chi connectivity index (χ1) is 17.8. The smallest absolute Gasteiger partial charge is 0.338 e. The van der Waals surface area contributed by atoms with Crippen LogP contribution in [0, 0.1) is 0 Å². The summed E-state index contributed by atoms with van der Waals surface area (Å²) in [4.78, 5) is 12.6. The fourth-order valence-electron chi connectivity index (χ4n) is 3.92. The van der Waals surface area contributed by atoms with Crippen LogP contribution in [0.1, 0.15) is 35.5 Å². The molecule has 2 aromatic carbocycles. The van der Waals surface area contributed by atoms with Crippen LogP contribution in [0.4, 0.5) is 0 Å². The highest BCUT2D eigenvalue weighted by Gasteiger charge is 2.29. The van der Waals surface area contributed by atoms with Crippen LogP contribution in [0.25, 0.3) is 11.5 Å². The van der Waals surface area contributed by atoms with Crippen LogP contribution in [0.3, 0.4) is 0 Å². The molecule has 1 fully saturated rings. The summed E-state index contributed by atoms with van der Waals surface area (Å²) < 4.78 is 54.4. The zero-order valence-corrected chi connectivity index (χ0v) is 22.1. The molecule has 0 amide bonds. The summed E-state index contributed by atoms with van der Waals surface area (Å²) in [5.74, 6) is 0.632. The quantitative estimate of drug-likeness (QED) is 0.360. The van der Waals surface area contributed by atoms with Crippen LogP contribution in [0.5, 0.6) is 17.2 Å². The van der Waals surface area contributed by atoms with Gasteiger partial charge in [-0.2, -0.15) is 4.31 Å².